The Kier molecular flexibility index (Phi) is 6.58. The lowest BCUT2D eigenvalue weighted by atomic mass is 10.4. The highest BCUT2D eigenvalue weighted by molar-refractivity contribution is 7.10. The molecule has 0 aliphatic heterocycles. The van der Waals surface area contributed by atoms with Gasteiger partial charge in [0.2, 0.25) is 5.91 Å². The van der Waals surface area contributed by atoms with E-state index in [-0.39, 0.29) is 5.91 Å². The highest BCUT2D eigenvalue weighted by Gasteiger charge is 1.99. The molecule has 0 aliphatic rings. The summed E-state index contributed by atoms with van der Waals surface area (Å²) in [6, 6.07) is 3.97. The van der Waals surface area contributed by atoms with Crippen molar-refractivity contribution in [1.29, 1.82) is 0 Å². The van der Waals surface area contributed by atoms with Gasteiger partial charge in [-0.2, -0.15) is 0 Å². The van der Waals surface area contributed by atoms with E-state index in [0.29, 0.717) is 6.54 Å². The molecule has 0 spiro atoms. The van der Waals surface area contributed by atoms with E-state index < -0.39 is 0 Å². The van der Waals surface area contributed by atoms with Crippen LogP contribution in [0.1, 0.15) is 18.7 Å². The van der Waals surface area contributed by atoms with Crippen molar-refractivity contribution in [2.24, 2.45) is 0 Å². The summed E-state index contributed by atoms with van der Waals surface area (Å²) < 4.78 is 0. The summed E-state index contributed by atoms with van der Waals surface area (Å²) in [5, 5.41) is 4.88. The van der Waals surface area contributed by atoms with Crippen LogP contribution in [0.2, 0.25) is 0 Å². The Morgan fingerprint density at radius 1 is 1.47 bits per heavy atom. The molecule has 0 bridgehead atoms. The van der Waals surface area contributed by atoms with Gasteiger partial charge in [0.25, 0.3) is 0 Å². The molecule has 1 aromatic heterocycles. The molecule has 0 unspecified atom stereocenters. The molecule has 0 aromatic carbocycles. The highest BCUT2D eigenvalue weighted by atomic mass is 32.1. The van der Waals surface area contributed by atoms with Gasteiger partial charge in [0.1, 0.15) is 0 Å². The molecule has 1 N–H and O–H groups in total. The molecule has 0 atom stereocenters. The standard InChI is InChI=1S/C13H20N2OS/c1-3-15(4-2)10-9-14-13(16)8-7-12-6-5-11-17-12/h5-8,11H,3-4,9-10H2,1-2H3,(H,14,16)/b8-7+. The molecule has 0 aliphatic carbocycles. The summed E-state index contributed by atoms with van der Waals surface area (Å²) in [4.78, 5) is 14.9. The SMILES string of the molecule is CCN(CC)CCNC(=O)/C=C/c1cccs1. The van der Waals surface area contributed by atoms with Gasteiger partial charge in [-0.1, -0.05) is 19.9 Å². The molecule has 17 heavy (non-hydrogen) atoms. The van der Waals surface area contributed by atoms with Crippen LogP contribution < -0.4 is 5.32 Å². The van der Waals surface area contributed by atoms with E-state index in [9.17, 15) is 4.79 Å². The fourth-order valence-corrected chi connectivity index (χ4v) is 2.10. The Morgan fingerprint density at radius 3 is 2.82 bits per heavy atom. The summed E-state index contributed by atoms with van der Waals surface area (Å²) in [5.74, 6) is -0.0226. The number of likely N-dealkylation sites (N-methyl/N-ethyl adjacent to an activating group) is 1. The van der Waals surface area contributed by atoms with Crippen LogP contribution >= 0.6 is 11.3 Å². The van der Waals surface area contributed by atoms with E-state index in [0.717, 1.165) is 24.5 Å². The smallest absolute Gasteiger partial charge is 0.244 e. The third kappa shape index (κ3) is 5.65. The second kappa shape index (κ2) is 8.03. The second-order valence-corrected chi connectivity index (χ2v) is 4.65. The van der Waals surface area contributed by atoms with Crippen molar-refractivity contribution in [3.05, 3.63) is 28.5 Å². The molecule has 1 heterocycles. The number of carbonyl (C=O) groups excluding carboxylic acids is 1. The third-order valence-corrected chi connectivity index (χ3v) is 3.40. The minimum Gasteiger partial charge on any atom is -0.351 e. The van der Waals surface area contributed by atoms with Gasteiger partial charge in [-0.3, -0.25) is 4.79 Å². The number of carbonyl (C=O) groups is 1. The zero-order valence-corrected chi connectivity index (χ0v) is 11.3. The molecule has 0 saturated carbocycles. The van der Waals surface area contributed by atoms with Gasteiger partial charge in [0, 0.05) is 24.0 Å². The van der Waals surface area contributed by atoms with Crippen molar-refractivity contribution in [2.45, 2.75) is 13.8 Å². The molecule has 1 amide bonds. The molecule has 0 fully saturated rings. The van der Waals surface area contributed by atoms with E-state index >= 15 is 0 Å². The lowest BCUT2D eigenvalue weighted by Gasteiger charge is -2.17. The fraction of sp³-hybridized carbons (Fsp3) is 0.462. The van der Waals surface area contributed by atoms with Crippen molar-refractivity contribution in [2.75, 3.05) is 26.2 Å². The van der Waals surface area contributed by atoms with Crippen LogP contribution in [-0.4, -0.2) is 37.0 Å². The molecule has 94 valence electrons. The maximum atomic E-state index is 11.5. The number of hydrogen-bond donors (Lipinski definition) is 1. The van der Waals surface area contributed by atoms with Crippen molar-refractivity contribution in [3.8, 4) is 0 Å². The largest absolute Gasteiger partial charge is 0.351 e. The summed E-state index contributed by atoms with van der Waals surface area (Å²) >= 11 is 1.63. The van der Waals surface area contributed by atoms with Gasteiger partial charge in [0.15, 0.2) is 0 Å². The zero-order valence-electron chi connectivity index (χ0n) is 10.5. The average Bonchev–Trinajstić information content (AvgIpc) is 2.85. The van der Waals surface area contributed by atoms with Gasteiger partial charge in [-0.05, 0) is 30.6 Å². The molecule has 0 saturated heterocycles. The molecular formula is C13H20N2OS. The van der Waals surface area contributed by atoms with Crippen LogP contribution in [0.5, 0.6) is 0 Å². The maximum absolute atomic E-state index is 11.5. The first-order chi connectivity index (χ1) is 8.26. The first kappa shape index (κ1) is 13.9. The average molecular weight is 252 g/mol. The lowest BCUT2D eigenvalue weighted by Crippen LogP contribution is -2.34. The van der Waals surface area contributed by atoms with Crippen molar-refractivity contribution >= 4 is 23.3 Å². The molecule has 1 rings (SSSR count). The normalized spacial score (nSPS) is 11.2. The number of nitrogens with one attached hydrogen (secondary N) is 1. The van der Waals surface area contributed by atoms with E-state index in [1.54, 1.807) is 17.4 Å². The molecule has 4 heteroatoms. The minimum absolute atomic E-state index is 0.0226. The highest BCUT2D eigenvalue weighted by Crippen LogP contribution is 2.09. The van der Waals surface area contributed by atoms with Gasteiger partial charge in [-0.15, -0.1) is 11.3 Å². The van der Waals surface area contributed by atoms with Crippen LogP contribution in [0.25, 0.3) is 6.08 Å². The Hall–Kier alpha value is -1.13. The molecule has 1 aromatic rings. The number of rotatable bonds is 7. The summed E-state index contributed by atoms with van der Waals surface area (Å²) in [5.41, 5.74) is 0. The van der Waals surface area contributed by atoms with Crippen molar-refractivity contribution in [3.63, 3.8) is 0 Å². The van der Waals surface area contributed by atoms with Crippen LogP contribution in [0, 0.1) is 0 Å². The van der Waals surface area contributed by atoms with E-state index in [1.807, 2.05) is 23.6 Å². The summed E-state index contributed by atoms with van der Waals surface area (Å²) in [6.45, 7) is 7.92. The Balaban J connectivity index is 2.21. The maximum Gasteiger partial charge on any atom is 0.244 e. The quantitative estimate of drug-likeness (QED) is 0.755. The molecule has 3 nitrogen and oxygen atoms in total. The van der Waals surface area contributed by atoms with Crippen LogP contribution in [0.15, 0.2) is 23.6 Å². The third-order valence-electron chi connectivity index (χ3n) is 2.56. The Morgan fingerprint density at radius 2 is 2.24 bits per heavy atom. The molecule has 0 radical (unpaired) electrons. The number of amides is 1. The Labute approximate surface area is 107 Å². The number of nitrogens with zero attached hydrogens (tertiary/aromatic N) is 1. The first-order valence-electron chi connectivity index (χ1n) is 5.98. The lowest BCUT2D eigenvalue weighted by molar-refractivity contribution is -0.116. The van der Waals surface area contributed by atoms with Crippen LogP contribution in [0.3, 0.4) is 0 Å². The second-order valence-electron chi connectivity index (χ2n) is 3.67. The number of thiophene rings is 1. The van der Waals surface area contributed by atoms with Crippen LogP contribution in [-0.2, 0) is 4.79 Å². The number of hydrogen-bond acceptors (Lipinski definition) is 3. The minimum atomic E-state index is -0.0226. The predicted octanol–water partition coefficient (Wildman–Crippen LogP) is 2.22. The van der Waals surface area contributed by atoms with E-state index in [2.05, 4.69) is 24.1 Å². The fourth-order valence-electron chi connectivity index (χ4n) is 1.48. The van der Waals surface area contributed by atoms with Crippen molar-refractivity contribution < 1.29 is 4.79 Å². The zero-order chi connectivity index (χ0) is 12.5. The Bertz CT molecular complexity index is 342. The van der Waals surface area contributed by atoms with Gasteiger partial charge in [-0.25, -0.2) is 0 Å². The van der Waals surface area contributed by atoms with Gasteiger partial charge in [0.05, 0.1) is 0 Å². The topological polar surface area (TPSA) is 32.3 Å². The van der Waals surface area contributed by atoms with Crippen LogP contribution in [0.4, 0.5) is 0 Å². The summed E-state index contributed by atoms with van der Waals surface area (Å²) in [6.07, 6.45) is 3.44. The summed E-state index contributed by atoms with van der Waals surface area (Å²) in [7, 11) is 0. The van der Waals surface area contributed by atoms with Crippen molar-refractivity contribution in [1.82, 2.24) is 10.2 Å². The monoisotopic (exact) mass is 252 g/mol. The van der Waals surface area contributed by atoms with Gasteiger partial charge < -0.3 is 10.2 Å². The van der Waals surface area contributed by atoms with E-state index in [1.165, 1.54) is 0 Å². The predicted molar refractivity (Wildman–Crippen MR) is 74.2 cm³/mol. The van der Waals surface area contributed by atoms with E-state index in [4.69, 9.17) is 0 Å². The first-order valence-corrected chi connectivity index (χ1v) is 6.86. The van der Waals surface area contributed by atoms with Gasteiger partial charge >= 0.3 is 0 Å². The molecular weight excluding hydrogens is 232 g/mol.